The van der Waals surface area contributed by atoms with Gasteiger partial charge in [-0.15, -0.1) is 0 Å². The molecule has 14 heavy (non-hydrogen) atoms. The third-order valence-electron chi connectivity index (χ3n) is 2.66. The minimum Gasteiger partial charge on any atom is -0.0651 e. The maximum absolute atomic E-state index is 2.42. The predicted molar refractivity (Wildman–Crippen MR) is 66.0 cm³/mol. The number of hydrogen-bond donors (Lipinski definition) is 0. The van der Waals surface area contributed by atoms with Crippen molar-refractivity contribution in [1.29, 1.82) is 0 Å². The second-order valence-electron chi connectivity index (χ2n) is 3.90. The molecule has 0 N–H and O–H groups in total. The van der Waals surface area contributed by atoms with E-state index in [-0.39, 0.29) is 0 Å². The van der Waals surface area contributed by atoms with Crippen LogP contribution >= 0.6 is 8.20 Å². The Morgan fingerprint density at radius 1 is 1.07 bits per heavy atom. The monoisotopic (exact) mass is 204 g/mol. The summed E-state index contributed by atoms with van der Waals surface area (Å²) >= 11 is 0. The van der Waals surface area contributed by atoms with E-state index in [1.54, 1.807) is 10.9 Å². The van der Waals surface area contributed by atoms with Crippen molar-refractivity contribution in [3.05, 3.63) is 34.7 Å². The molecule has 0 saturated heterocycles. The molecule has 0 atom stereocenters. The Bertz CT molecular complexity index is 353. The van der Waals surface area contributed by atoms with Crippen molar-refractivity contribution in [2.24, 2.45) is 0 Å². The number of allylic oxidation sites excluding steroid dienone is 6. The van der Waals surface area contributed by atoms with E-state index in [1.165, 1.54) is 44.8 Å². The molecule has 0 unspecified atom stereocenters. The molecule has 0 aromatic heterocycles. The molecule has 0 bridgehead atoms. The maximum Gasteiger partial charge on any atom is 0.00959 e. The molecule has 2 aliphatic rings. The van der Waals surface area contributed by atoms with Crippen LogP contribution in [0.5, 0.6) is 0 Å². The Labute approximate surface area is 88.2 Å². The lowest BCUT2D eigenvalue weighted by molar-refractivity contribution is 0.924. The quantitative estimate of drug-likeness (QED) is 0.593. The van der Waals surface area contributed by atoms with Crippen LogP contribution in [0.2, 0.25) is 0 Å². The third-order valence-corrected chi connectivity index (χ3v) is 3.94. The van der Waals surface area contributed by atoms with Gasteiger partial charge in [-0.2, -0.15) is 0 Å². The van der Waals surface area contributed by atoms with Gasteiger partial charge in [0.2, 0.25) is 0 Å². The SMILES string of the molecule is CCCC1=CC2=C(CCC)C=CC2=P1. The maximum atomic E-state index is 2.42. The second-order valence-corrected chi connectivity index (χ2v) is 5.18. The molecule has 0 radical (unpaired) electrons. The predicted octanol–water partition coefficient (Wildman–Crippen LogP) is 4.47. The lowest BCUT2D eigenvalue weighted by Crippen LogP contribution is -1.87. The van der Waals surface area contributed by atoms with E-state index in [0.29, 0.717) is 0 Å². The van der Waals surface area contributed by atoms with Crippen molar-refractivity contribution >= 4 is 13.5 Å². The van der Waals surface area contributed by atoms with Gasteiger partial charge >= 0.3 is 0 Å². The summed E-state index contributed by atoms with van der Waals surface area (Å²) in [6.07, 6.45) is 12.1. The summed E-state index contributed by atoms with van der Waals surface area (Å²) in [4.78, 5) is 0. The van der Waals surface area contributed by atoms with Gasteiger partial charge in [0.05, 0.1) is 0 Å². The highest BCUT2D eigenvalue weighted by molar-refractivity contribution is 7.47. The van der Waals surface area contributed by atoms with Crippen LogP contribution in [-0.2, 0) is 0 Å². The van der Waals surface area contributed by atoms with Crippen molar-refractivity contribution < 1.29 is 0 Å². The van der Waals surface area contributed by atoms with E-state index >= 15 is 0 Å². The van der Waals surface area contributed by atoms with Crippen LogP contribution in [0.3, 0.4) is 0 Å². The summed E-state index contributed by atoms with van der Waals surface area (Å²) in [6, 6.07) is 0. The largest absolute Gasteiger partial charge is 0.0651 e. The summed E-state index contributed by atoms with van der Waals surface area (Å²) in [7, 11) is 1.47. The highest BCUT2D eigenvalue weighted by atomic mass is 31.1. The van der Waals surface area contributed by atoms with E-state index < -0.39 is 0 Å². The zero-order valence-corrected chi connectivity index (χ0v) is 9.90. The second kappa shape index (κ2) is 4.28. The highest BCUT2D eigenvalue weighted by Crippen LogP contribution is 2.37. The highest BCUT2D eigenvalue weighted by Gasteiger charge is 2.17. The molecule has 0 nitrogen and oxygen atoms in total. The van der Waals surface area contributed by atoms with Crippen molar-refractivity contribution in [3.63, 3.8) is 0 Å². The number of fused-ring (bicyclic) bond motifs is 1. The zero-order chi connectivity index (χ0) is 9.97. The Hall–Kier alpha value is -0.610. The lowest BCUT2D eigenvalue weighted by Gasteiger charge is -1.98. The average Bonchev–Trinajstić information content (AvgIpc) is 2.69. The van der Waals surface area contributed by atoms with E-state index in [9.17, 15) is 0 Å². The number of hydrogen-bond acceptors (Lipinski definition) is 0. The Morgan fingerprint density at radius 3 is 2.57 bits per heavy atom. The molecule has 0 spiro atoms. The van der Waals surface area contributed by atoms with Crippen LogP contribution in [0.1, 0.15) is 39.5 Å². The van der Waals surface area contributed by atoms with Crippen LogP contribution in [0.4, 0.5) is 0 Å². The third kappa shape index (κ3) is 1.77. The standard InChI is InChI=1S/C13H17P/c1-3-5-10-7-8-13-12(10)9-11(14-13)6-4-2/h7-9H,3-6H2,1-2H3. The van der Waals surface area contributed by atoms with Crippen LogP contribution in [0, 0.1) is 0 Å². The van der Waals surface area contributed by atoms with Gasteiger partial charge in [-0.05, 0) is 41.5 Å². The molecule has 1 aliphatic carbocycles. The molecule has 1 heteroatoms. The first-order valence-electron chi connectivity index (χ1n) is 5.56. The van der Waals surface area contributed by atoms with E-state index in [0.717, 1.165) is 0 Å². The summed E-state index contributed by atoms with van der Waals surface area (Å²) in [5.41, 5.74) is 3.10. The van der Waals surface area contributed by atoms with Gasteiger partial charge in [-0.25, -0.2) is 0 Å². The van der Waals surface area contributed by atoms with E-state index in [2.05, 4.69) is 32.1 Å². The van der Waals surface area contributed by atoms with Gasteiger partial charge in [0, 0.05) is 5.29 Å². The van der Waals surface area contributed by atoms with E-state index in [4.69, 9.17) is 0 Å². The average molecular weight is 204 g/mol. The summed E-state index contributed by atoms with van der Waals surface area (Å²) in [6.45, 7) is 4.51. The van der Waals surface area contributed by atoms with Crippen LogP contribution < -0.4 is 0 Å². The Balaban J connectivity index is 2.21. The molecule has 0 fully saturated rings. The number of rotatable bonds is 4. The van der Waals surface area contributed by atoms with Crippen molar-refractivity contribution in [1.82, 2.24) is 0 Å². The molecular weight excluding hydrogens is 187 g/mol. The summed E-state index contributed by atoms with van der Waals surface area (Å²) < 4.78 is 0. The molecule has 0 saturated carbocycles. The van der Waals surface area contributed by atoms with Gasteiger partial charge in [-0.3, -0.25) is 0 Å². The molecule has 1 heterocycles. The van der Waals surface area contributed by atoms with Gasteiger partial charge in [-0.1, -0.05) is 41.0 Å². The molecule has 1 aliphatic heterocycles. The van der Waals surface area contributed by atoms with Crippen molar-refractivity contribution in [3.8, 4) is 0 Å². The summed E-state index contributed by atoms with van der Waals surface area (Å²) in [5, 5.41) is 3.15. The van der Waals surface area contributed by atoms with Crippen LogP contribution in [0.25, 0.3) is 0 Å². The smallest absolute Gasteiger partial charge is 0.00959 e. The fourth-order valence-electron chi connectivity index (χ4n) is 2.01. The van der Waals surface area contributed by atoms with Gasteiger partial charge < -0.3 is 0 Å². The molecule has 0 aromatic rings. The van der Waals surface area contributed by atoms with Crippen molar-refractivity contribution in [2.45, 2.75) is 39.5 Å². The summed E-state index contributed by atoms with van der Waals surface area (Å²) in [5.74, 6) is 0. The Morgan fingerprint density at radius 2 is 1.86 bits per heavy atom. The minimum atomic E-state index is 1.24. The molecular formula is C13H17P. The van der Waals surface area contributed by atoms with E-state index in [1.807, 2.05) is 0 Å². The van der Waals surface area contributed by atoms with Crippen LogP contribution in [0.15, 0.2) is 34.7 Å². The lowest BCUT2D eigenvalue weighted by atomic mass is 10.1. The molecule has 2 rings (SSSR count). The zero-order valence-electron chi connectivity index (χ0n) is 9.01. The normalized spacial score (nSPS) is 19.9. The van der Waals surface area contributed by atoms with Gasteiger partial charge in [0.15, 0.2) is 0 Å². The first kappa shape index (κ1) is 9.93. The molecule has 0 aromatic carbocycles. The minimum absolute atomic E-state index is 1.24. The van der Waals surface area contributed by atoms with Crippen molar-refractivity contribution in [2.75, 3.05) is 0 Å². The first-order chi connectivity index (χ1) is 6.85. The van der Waals surface area contributed by atoms with Crippen LogP contribution in [-0.4, -0.2) is 5.29 Å². The molecule has 74 valence electrons. The fourth-order valence-corrected chi connectivity index (χ4v) is 3.33. The first-order valence-corrected chi connectivity index (χ1v) is 6.45. The fraction of sp³-hybridized carbons (Fsp3) is 0.462. The topological polar surface area (TPSA) is 0 Å². The molecule has 0 amide bonds. The Kier molecular flexibility index (Phi) is 3.03. The van der Waals surface area contributed by atoms with Gasteiger partial charge in [0.1, 0.15) is 0 Å². The van der Waals surface area contributed by atoms with Gasteiger partial charge in [0.25, 0.3) is 0 Å².